The highest BCUT2D eigenvalue weighted by molar-refractivity contribution is 7.80. The van der Waals surface area contributed by atoms with Crippen LogP contribution < -0.4 is 15.0 Å². The van der Waals surface area contributed by atoms with Gasteiger partial charge in [-0.25, -0.2) is 0 Å². The Morgan fingerprint density at radius 2 is 1.69 bits per heavy atom. The van der Waals surface area contributed by atoms with Crippen molar-refractivity contribution in [2.75, 3.05) is 4.90 Å². The fourth-order valence-electron chi connectivity index (χ4n) is 4.45. The third-order valence-electron chi connectivity index (χ3n) is 6.37. The van der Waals surface area contributed by atoms with Gasteiger partial charge in [0, 0.05) is 29.8 Å². The van der Waals surface area contributed by atoms with Gasteiger partial charge < -0.3 is 19.5 Å². The van der Waals surface area contributed by atoms with Crippen molar-refractivity contribution in [1.29, 1.82) is 0 Å². The molecular weight excluding hydrogens is 452 g/mol. The second kappa shape index (κ2) is 9.19. The first-order chi connectivity index (χ1) is 16.8. The molecule has 1 aliphatic heterocycles. The molecule has 2 aromatic heterocycles. The average Bonchev–Trinajstić information content (AvgIpc) is 3.47. The minimum absolute atomic E-state index is 0.00925. The van der Waals surface area contributed by atoms with E-state index < -0.39 is 0 Å². The molecule has 4 aromatic rings. The van der Waals surface area contributed by atoms with Crippen molar-refractivity contribution in [2.24, 2.45) is 0 Å². The van der Waals surface area contributed by atoms with E-state index in [1.807, 2.05) is 61.7 Å². The third-order valence-corrected chi connectivity index (χ3v) is 6.68. The van der Waals surface area contributed by atoms with E-state index in [2.05, 4.69) is 77.2 Å². The molecule has 2 atom stereocenters. The fourth-order valence-corrected chi connectivity index (χ4v) is 4.80. The van der Waals surface area contributed by atoms with Crippen LogP contribution >= 0.6 is 12.2 Å². The van der Waals surface area contributed by atoms with Crippen molar-refractivity contribution >= 4 is 23.0 Å². The summed E-state index contributed by atoms with van der Waals surface area (Å²) >= 11 is 5.86. The first-order valence-electron chi connectivity index (χ1n) is 11.8. The van der Waals surface area contributed by atoms with Crippen molar-refractivity contribution < 1.29 is 4.74 Å². The first kappa shape index (κ1) is 23.1. The second-order valence-corrected chi connectivity index (χ2v) is 10.3. The van der Waals surface area contributed by atoms with Crippen LogP contribution in [0.3, 0.4) is 0 Å². The van der Waals surface area contributed by atoms with Crippen LogP contribution in [0.4, 0.5) is 5.69 Å². The Balaban J connectivity index is 1.50. The Morgan fingerprint density at radius 1 is 0.943 bits per heavy atom. The zero-order chi connectivity index (χ0) is 24.6. The number of hydrogen-bond donors (Lipinski definition) is 1. The zero-order valence-electron chi connectivity index (χ0n) is 20.5. The van der Waals surface area contributed by atoms with Gasteiger partial charge in [-0.05, 0) is 99.6 Å². The molecule has 178 valence electrons. The second-order valence-electron chi connectivity index (χ2n) is 9.88. The van der Waals surface area contributed by atoms with E-state index in [0.717, 1.165) is 28.4 Å². The maximum atomic E-state index is 6.12. The van der Waals surface area contributed by atoms with Gasteiger partial charge in [0.2, 0.25) is 0 Å². The lowest BCUT2D eigenvalue weighted by Crippen LogP contribution is -2.29. The Morgan fingerprint density at radius 3 is 2.34 bits per heavy atom. The van der Waals surface area contributed by atoms with Crippen LogP contribution in [0.15, 0.2) is 91.4 Å². The van der Waals surface area contributed by atoms with Crippen LogP contribution in [0.1, 0.15) is 49.7 Å². The molecule has 6 heteroatoms. The molecule has 5 rings (SSSR count). The Hall–Kier alpha value is -3.64. The highest BCUT2D eigenvalue weighted by atomic mass is 32.1. The summed E-state index contributed by atoms with van der Waals surface area (Å²) in [6.07, 6.45) is 6.19. The fraction of sp³-hybridized carbons (Fsp3) is 0.241. The molecule has 0 amide bonds. The molecule has 1 aliphatic rings. The van der Waals surface area contributed by atoms with Crippen molar-refractivity contribution in [3.8, 4) is 11.5 Å². The lowest BCUT2D eigenvalue weighted by Gasteiger charge is -2.28. The predicted octanol–water partition coefficient (Wildman–Crippen LogP) is 6.92. The third kappa shape index (κ3) is 4.66. The number of anilines is 1. The molecule has 1 N–H and O–H groups in total. The lowest BCUT2D eigenvalue weighted by molar-refractivity contribution is 0.397. The summed E-state index contributed by atoms with van der Waals surface area (Å²) < 4.78 is 8.36. The van der Waals surface area contributed by atoms with E-state index in [-0.39, 0.29) is 17.6 Å². The quantitative estimate of drug-likeness (QED) is 0.313. The number of pyridine rings is 1. The van der Waals surface area contributed by atoms with Crippen LogP contribution in [0.2, 0.25) is 0 Å². The van der Waals surface area contributed by atoms with Gasteiger partial charge in [-0.15, -0.1) is 0 Å². The minimum atomic E-state index is -0.0672. The molecule has 2 aromatic carbocycles. The maximum absolute atomic E-state index is 6.12. The van der Waals surface area contributed by atoms with Gasteiger partial charge in [-0.2, -0.15) is 0 Å². The highest BCUT2D eigenvalue weighted by Gasteiger charge is 2.41. The van der Waals surface area contributed by atoms with Gasteiger partial charge in [-0.1, -0.05) is 24.3 Å². The van der Waals surface area contributed by atoms with Gasteiger partial charge in [0.05, 0.1) is 17.8 Å². The summed E-state index contributed by atoms with van der Waals surface area (Å²) in [6.45, 7) is 8.66. The molecule has 0 radical (unpaired) electrons. The molecule has 0 aliphatic carbocycles. The molecule has 1 fully saturated rings. The smallest absolute Gasteiger partial charge is 0.174 e. The van der Waals surface area contributed by atoms with Crippen LogP contribution in [0.5, 0.6) is 11.5 Å². The van der Waals surface area contributed by atoms with Crippen LogP contribution in [0, 0.1) is 6.92 Å². The van der Waals surface area contributed by atoms with Gasteiger partial charge in [-0.3, -0.25) is 4.98 Å². The van der Waals surface area contributed by atoms with Crippen molar-refractivity contribution in [2.45, 2.75) is 45.3 Å². The van der Waals surface area contributed by atoms with Gasteiger partial charge >= 0.3 is 0 Å². The van der Waals surface area contributed by atoms with Crippen LogP contribution in [-0.4, -0.2) is 14.7 Å². The molecule has 0 spiro atoms. The van der Waals surface area contributed by atoms with Crippen LogP contribution in [0.25, 0.3) is 0 Å². The Kier molecular flexibility index (Phi) is 6.07. The largest absolute Gasteiger partial charge is 0.457 e. The van der Waals surface area contributed by atoms with Crippen molar-refractivity contribution in [3.63, 3.8) is 0 Å². The number of aromatic nitrogens is 2. The molecule has 3 heterocycles. The van der Waals surface area contributed by atoms with E-state index in [4.69, 9.17) is 17.0 Å². The molecule has 0 bridgehead atoms. The summed E-state index contributed by atoms with van der Waals surface area (Å²) in [6, 6.07) is 24.2. The monoisotopic (exact) mass is 482 g/mol. The summed E-state index contributed by atoms with van der Waals surface area (Å²) in [5, 5.41) is 4.21. The number of rotatable bonds is 5. The van der Waals surface area contributed by atoms with Crippen LogP contribution in [-0.2, 0) is 5.54 Å². The molecular formula is C29H30N4OS. The van der Waals surface area contributed by atoms with Gasteiger partial charge in [0.15, 0.2) is 5.11 Å². The van der Waals surface area contributed by atoms with E-state index in [0.29, 0.717) is 5.11 Å². The number of aryl methyl sites for hydroxylation is 1. The van der Waals surface area contributed by atoms with Crippen molar-refractivity contribution in [3.05, 3.63) is 108 Å². The Labute approximate surface area is 212 Å². The number of nitrogens with zero attached hydrogens (tertiary/aromatic N) is 3. The number of para-hydroxylation sites is 1. The van der Waals surface area contributed by atoms with E-state index >= 15 is 0 Å². The number of benzene rings is 2. The number of ether oxygens (including phenoxy) is 1. The standard InChI is InChI=1S/C29H30N4OS/c1-20-9-5-6-11-25(20)34-23-14-12-22(13-15-23)33-27(21-16-18-32(19-21)29(2,3)4)26(31-28(33)35)24-10-7-8-17-30-24/h5-19,26-27H,1-4H3,(H,31,35)/t26-,27+/m1/s1. The topological polar surface area (TPSA) is 42.3 Å². The predicted molar refractivity (Wildman–Crippen MR) is 145 cm³/mol. The number of hydrogen-bond acceptors (Lipinski definition) is 3. The van der Waals surface area contributed by atoms with E-state index in [1.165, 1.54) is 5.56 Å². The molecule has 0 unspecified atom stereocenters. The number of nitrogens with one attached hydrogen (secondary N) is 1. The molecule has 35 heavy (non-hydrogen) atoms. The summed E-state index contributed by atoms with van der Waals surface area (Å²) in [7, 11) is 0. The lowest BCUT2D eigenvalue weighted by atomic mass is 9.98. The molecule has 5 nitrogen and oxygen atoms in total. The van der Waals surface area contributed by atoms with E-state index in [1.54, 1.807) is 0 Å². The average molecular weight is 483 g/mol. The highest BCUT2D eigenvalue weighted by Crippen LogP contribution is 2.42. The van der Waals surface area contributed by atoms with E-state index in [9.17, 15) is 0 Å². The number of thiocarbonyl (C=S) groups is 1. The normalized spacial score (nSPS) is 17.9. The summed E-state index contributed by atoms with van der Waals surface area (Å²) in [5.74, 6) is 1.65. The van der Waals surface area contributed by atoms with Crippen molar-refractivity contribution in [1.82, 2.24) is 14.9 Å². The molecule has 0 saturated carbocycles. The summed E-state index contributed by atoms with van der Waals surface area (Å²) in [4.78, 5) is 6.84. The maximum Gasteiger partial charge on any atom is 0.174 e. The first-order valence-corrected chi connectivity index (χ1v) is 12.2. The Bertz CT molecular complexity index is 1320. The molecule has 1 saturated heterocycles. The van der Waals surface area contributed by atoms with Gasteiger partial charge in [0.25, 0.3) is 0 Å². The van der Waals surface area contributed by atoms with Gasteiger partial charge in [0.1, 0.15) is 11.5 Å². The zero-order valence-corrected chi connectivity index (χ0v) is 21.3. The SMILES string of the molecule is Cc1ccccc1Oc1ccc(N2C(=S)N[C@H](c3ccccn3)[C@@H]2c2ccn(C(C)(C)C)c2)cc1. The summed E-state index contributed by atoms with van der Waals surface area (Å²) in [5.41, 5.74) is 4.24. The minimum Gasteiger partial charge on any atom is -0.457 e.